The Morgan fingerprint density at radius 3 is 2.66 bits per heavy atom. The van der Waals surface area contributed by atoms with E-state index in [2.05, 4.69) is 15.3 Å². The SMILES string of the molecule is COc1cccc(CNC(=O)c2c(O)c3ncc(Cc4ccc(F)cc4)cc3[nH]c2=O)c1. The number of hydrogen-bond acceptors (Lipinski definition) is 5. The summed E-state index contributed by atoms with van der Waals surface area (Å²) in [5.41, 5.74) is 1.69. The molecule has 0 aliphatic heterocycles. The molecule has 162 valence electrons. The Balaban J connectivity index is 1.57. The highest BCUT2D eigenvalue weighted by Gasteiger charge is 2.20. The lowest BCUT2D eigenvalue weighted by atomic mass is 10.1. The fraction of sp³-hybridized carbons (Fsp3) is 0.125. The molecular formula is C24H20FN3O4. The van der Waals surface area contributed by atoms with Gasteiger partial charge in [0, 0.05) is 12.7 Å². The van der Waals surface area contributed by atoms with Crippen LogP contribution in [-0.2, 0) is 13.0 Å². The lowest BCUT2D eigenvalue weighted by Crippen LogP contribution is -2.29. The molecule has 0 saturated carbocycles. The van der Waals surface area contributed by atoms with E-state index >= 15 is 0 Å². The summed E-state index contributed by atoms with van der Waals surface area (Å²) in [5.74, 6) is -0.883. The summed E-state index contributed by atoms with van der Waals surface area (Å²) in [6.07, 6.45) is 2.01. The molecule has 0 spiro atoms. The van der Waals surface area contributed by atoms with Gasteiger partial charge in [0.25, 0.3) is 11.5 Å². The summed E-state index contributed by atoms with van der Waals surface area (Å²) >= 11 is 0. The predicted molar refractivity (Wildman–Crippen MR) is 117 cm³/mol. The largest absolute Gasteiger partial charge is 0.505 e. The Hall–Kier alpha value is -4.20. The van der Waals surface area contributed by atoms with Crippen LogP contribution in [0.1, 0.15) is 27.0 Å². The smallest absolute Gasteiger partial charge is 0.265 e. The molecule has 0 aliphatic carbocycles. The summed E-state index contributed by atoms with van der Waals surface area (Å²) in [6.45, 7) is 0.150. The van der Waals surface area contributed by atoms with Gasteiger partial charge in [-0.15, -0.1) is 0 Å². The van der Waals surface area contributed by atoms with Gasteiger partial charge < -0.3 is 20.1 Å². The third kappa shape index (κ3) is 4.44. The Kier molecular flexibility index (Phi) is 5.85. The molecule has 0 saturated heterocycles. The highest BCUT2D eigenvalue weighted by atomic mass is 19.1. The number of carbonyl (C=O) groups excluding carboxylic acids is 1. The topological polar surface area (TPSA) is 104 Å². The van der Waals surface area contributed by atoms with Crippen LogP contribution in [0.25, 0.3) is 11.0 Å². The molecule has 0 fully saturated rings. The molecule has 32 heavy (non-hydrogen) atoms. The average molecular weight is 433 g/mol. The summed E-state index contributed by atoms with van der Waals surface area (Å²) < 4.78 is 18.2. The van der Waals surface area contributed by atoms with Crippen LogP contribution in [0.3, 0.4) is 0 Å². The molecule has 4 aromatic rings. The average Bonchev–Trinajstić information content (AvgIpc) is 2.79. The van der Waals surface area contributed by atoms with Crippen LogP contribution in [0.5, 0.6) is 11.5 Å². The molecule has 0 atom stereocenters. The number of fused-ring (bicyclic) bond motifs is 1. The van der Waals surface area contributed by atoms with E-state index in [1.165, 1.54) is 12.1 Å². The van der Waals surface area contributed by atoms with E-state index in [1.807, 2.05) is 0 Å². The number of carbonyl (C=O) groups is 1. The number of benzene rings is 2. The first-order valence-corrected chi connectivity index (χ1v) is 9.84. The number of halogens is 1. The number of rotatable bonds is 6. The van der Waals surface area contributed by atoms with Crippen molar-refractivity contribution in [3.05, 3.63) is 99.2 Å². The molecule has 2 aromatic heterocycles. The number of aromatic nitrogens is 2. The van der Waals surface area contributed by atoms with Gasteiger partial charge in [-0.25, -0.2) is 4.39 Å². The van der Waals surface area contributed by atoms with Crippen LogP contribution >= 0.6 is 0 Å². The van der Waals surface area contributed by atoms with E-state index in [4.69, 9.17) is 4.74 Å². The van der Waals surface area contributed by atoms with E-state index in [-0.39, 0.29) is 17.9 Å². The maximum absolute atomic E-state index is 13.1. The Morgan fingerprint density at radius 1 is 1.12 bits per heavy atom. The first kappa shape index (κ1) is 21.0. The van der Waals surface area contributed by atoms with Crippen molar-refractivity contribution in [1.29, 1.82) is 0 Å². The fourth-order valence-electron chi connectivity index (χ4n) is 3.40. The number of aromatic hydroxyl groups is 1. The van der Waals surface area contributed by atoms with Gasteiger partial charge in [-0.05, 0) is 53.4 Å². The van der Waals surface area contributed by atoms with Crippen molar-refractivity contribution < 1.29 is 19.0 Å². The summed E-state index contributed by atoms with van der Waals surface area (Å²) in [5, 5.41) is 13.2. The van der Waals surface area contributed by atoms with Crippen LogP contribution in [0.15, 0.2) is 65.6 Å². The van der Waals surface area contributed by atoms with E-state index in [9.17, 15) is 19.1 Å². The molecule has 0 aliphatic rings. The second-order valence-corrected chi connectivity index (χ2v) is 7.25. The van der Waals surface area contributed by atoms with E-state index in [1.54, 1.807) is 55.8 Å². The van der Waals surface area contributed by atoms with Crippen molar-refractivity contribution in [1.82, 2.24) is 15.3 Å². The third-order valence-electron chi connectivity index (χ3n) is 5.02. The first-order valence-electron chi connectivity index (χ1n) is 9.84. The monoisotopic (exact) mass is 433 g/mol. The molecule has 3 N–H and O–H groups in total. The van der Waals surface area contributed by atoms with E-state index in [0.29, 0.717) is 17.7 Å². The number of H-pyrrole nitrogens is 1. The molecule has 0 unspecified atom stereocenters. The van der Waals surface area contributed by atoms with Crippen molar-refractivity contribution in [2.24, 2.45) is 0 Å². The molecule has 8 heteroatoms. The van der Waals surface area contributed by atoms with Gasteiger partial charge in [0.05, 0.1) is 12.6 Å². The van der Waals surface area contributed by atoms with Crippen molar-refractivity contribution >= 4 is 16.9 Å². The molecule has 7 nitrogen and oxygen atoms in total. The van der Waals surface area contributed by atoms with Gasteiger partial charge >= 0.3 is 0 Å². The van der Waals surface area contributed by atoms with Crippen LogP contribution in [0.2, 0.25) is 0 Å². The van der Waals surface area contributed by atoms with Crippen LogP contribution in [0.4, 0.5) is 4.39 Å². The molecule has 0 radical (unpaired) electrons. The van der Waals surface area contributed by atoms with Gasteiger partial charge in [-0.1, -0.05) is 24.3 Å². The van der Waals surface area contributed by atoms with Gasteiger partial charge in [0.15, 0.2) is 5.75 Å². The number of nitrogens with one attached hydrogen (secondary N) is 2. The summed E-state index contributed by atoms with van der Waals surface area (Å²) in [6, 6.07) is 14.9. The third-order valence-corrected chi connectivity index (χ3v) is 5.02. The van der Waals surface area contributed by atoms with Crippen LogP contribution < -0.4 is 15.6 Å². The van der Waals surface area contributed by atoms with Crippen molar-refractivity contribution in [2.75, 3.05) is 7.11 Å². The zero-order valence-electron chi connectivity index (χ0n) is 17.2. The standard InChI is InChI=1S/C24H20FN3O4/c1-32-18-4-2-3-15(10-18)12-27-23(30)20-22(29)21-19(28-24(20)31)11-16(13-26-21)9-14-5-7-17(25)8-6-14/h2-8,10-11,13H,9,12H2,1H3,(H,27,30)(H2,28,29,31). The lowest BCUT2D eigenvalue weighted by Gasteiger charge is -2.10. The fourth-order valence-corrected chi connectivity index (χ4v) is 3.40. The number of nitrogens with zero attached hydrogens (tertiary/aromatic N) is 1. The molecule has 0 bridgehead atoms. The second kappa shape index (κ2) is 8.89. The normalized spacial score (nSPS) is 10.8. The predicted octanol–water partition coefficient (Wildman–Crippen LogP) is 3.30. The summed E-state index contributed by atoms with van der Waals surface area (Å²) in [4.78, 5) is 32.0. The number of aromatic amines is 1. The Morgan fingerprint density at radius 2 is 1.91 bits per heavy atom. The van der Waals surface area contributed by atoms with Gasteiger partial charge in [-0.2, -0.15) is 0 Å². The number of ether oxygens (including phenoxy) is 1. The highest BCUT2D eigenvalue weighted by molar-refractivity contribution is 6.01. The summed E-state index contributed by atoms with van der Waals surface area (Å²) in [7, 11) is 1.54. The van der Waals surface area contributed by atoms with Crippen molar-refractivity contribution in [3.8, 4) is 11.5 Å². The first-order chi connectivity index (χ1) is 15.4. The van der Waals surface area contributed by atoms with Gasteiger partial charge in [-0.3, -0.25) is 14.6 Å². The van der Waals surface area contributed by atoms with Crippen molar-refractivity contribution in [3.63, 3.8) is 0 Å². The lowest BCUT2D eigenvalue weighted by molar-refractivity contribution is 0.0947. The zero-order chi connectivity index (χ0) is 22.7. The van der Waals surface area contributed by atoms with Gasteiger partial charge in [0.1, 0.15) is 22.6 Å². The Labute approximate surface area is 182 Å². The quantitative estimate of drug-likeness (QED) is 0.433. The minimum absolute atomic E-state index is 0.110. The van der Waals surface area contributed by atoms with Crippen LogP contribution in [-0.4, -0.2) is 28.1 Å². The van der Waals surface area contributed by atoms with E-state index < -0.39 is 22.8 Å². The molecule has 2 aromatic carbocycles. The Bertz CT molecular complexity index is 1350. The van der Waals surface area contributed by atoms with Crippen molar-refractivity contribution in [2.45, 2.75) is 13.0 Å². The molecule has 1 amide bonds. The number of amides is 1. The second-order valence-electron chi connectivity index (χ2n) is 7.25. The number of pyridine rings is 2. The van der Waals surface area contributed by atoms with Crippen LogP contribution in [0, 0.1) is 5.82 Å². The maximum Gasteiger partial charge on any atom is 0.265 e. The number of methoxy groups -OCH3 is 1. The minimum atomic E-state index is -0.723. The minimum Gasteiger partial charge on any atom is -0.505 e. The van der Waals surface area contributed by atoms with E-state index in [0.717, 1.165) is 16.7 Å². The molecule has 2 heterocycles. The maximum atomic E-state index is 13.1. The van der Waals surface area contributed by atoms with Gasteiger partial charge in [0.2, 0.25) is 0 Å². The zero-order valence-corrected chi connectivity index (χ0v) is 17.2. The highest BCUT2D eigenvalue weighted by Crippen LogP contribution is 2.24. The molecule has 4 rings (SSSR count). The molecular weight excluding hydrogens is 413 g/mol. The number of hydrogen-bond donors (Lipinski definition) is 3.